The molecule has 0 saturated heterocycles. The first-order valence-corrected chi connectivity index (χ1v) is 7.77. The Hall–Kier alpha value is -2.10. The number of rotatable bonds is 3. The van der Waals surface area contributed by atoms with Crippen molar-refractivity contribution in [3.05, 3.63) is 41.6 Å². The number of nitrogens with zero attached hydrogens (tertiary/aromatic N) is 3. The Bertz CT molecular complexity index is 664. The molecule has 1 N–H and O–H groups in total. The van der Waals surface area contributed by atoms with Crippen LogP contribution in [0, 0.1) is 6.92 Å². The maximum absolute atomic E-state index is 4.74. The van der Waals surface area contributed by atoms with E-state index in [1.807, 2.05) is 13.0 Å². The van der Waals surface area contributed by atoms with Crippen LogP contribution in [0.5, 0.6) is 0 Å². The van der Waals surface area contributed by atoms with Gasteiger partial charge in [0.25, 0.3) is 0 Å². The fourth-order valence-electron chi connectivity index (χ4n) is 2.93. The molecule has 1 aromatic carbocycles. The molecule has 0 bridgehead atoms. The molecule has 2 aliphatic rings. The van der Waals surface area contributed by atoms with Crippen LogP contribution in [-0.2, 0) is 6.42 Å². The van der Waals surface area contributed by atoms with Crippen LogP contribution in [0.3, 0.4) is 0 Å². The molecule has 1 fully saturated rings. The molecule has 1 aliphatic carbocycles. The molecule has 21 heavy (non-hydrogen) atoms. The van der Waals surface area contributed by atoms with Crippen molar-refractivity contribution in [1.82, 2.24) is 9.97 Å². The van der Waals surface area contributed by atoms with Crippen LogP contribution in [0.4, 0.5) is 17.5 Å². The standard InChI is InChI=1S/C17H20N4/c1-12-11-16(19-14-8-9-14)20-17(18-12)21-10-4-6-13-5-2-3-7-15(13)21/h2-3,5,7,11,14H,4,6,8-10H2,1H3,(H,18,19,20). The molecule has 0 radical (unpaired) electrons. The quantitative estimate of drug-likeness (QED) is 0.935. The summed E-state index contributed by atoms with van der Waals surface area (Å²) >= 11 is 0. The summed E-state index contributed by atoms with van der Waals surface area (Å²) in [6.07, 6.45) is 4.81. The second-order valence-corrected chi connectivity index (χ2v) is 6.00. The zero-order valence-electron chi connectivity index (χ0n) is 12.3. The van der Waals surface area contributed by atoms with Gasteiger partial charge < -0.3 is 10.2 Å². The summed E-state index contributed by atoms with van der Waals surface area (Å²) in [5, 5.41) is 3.48. The van der Waals surface area contributed by atoms with Crippen LogP contribution in [-0.4, -0.2) is 22.6 Å². The lowest BCUT2D eigenvalue weighted by atomic mass is 10.0. The van der Waals surface area contributed by atoms with Crippen LogP contribution in [0.2, 0.25) is 0 Å². The Morgan fingerprint density at radius 2 is 2.05 bits per heavy atom. The zero-order valence-corrected chi connectivity index (χ0v) is 12.3. The summed E-state index contributed by atoms with van der Waals surface area (Å²) in [5.41, 5.74) is 3.67. The highest BCUT2D eigenvalue weighted by Crippen LogP contribution is 2.32. The van der Waals surface area contributed by atoms with Gasteiger partial charge in [0.2, 0.25) is 5.95 Å². The molecule has 1 saturated carbocycles. The maximum atomic E-state index is 4.74. The van der Waals surface area contributed by atoms with E-state index in [4.69, 9.17) is 4.98 Å². The average Bonchev–Trinajstić information content (AvgIpc) is 3.30. The first-order chi connectivity index (χ1) is 10.3. The second kappa shape index (κ2) is 5.02. The molecule has 4 rings (SSSR count). The predicted octanol–water partition coefficient (Wildman–Crippen LogP) is 3.44. The predicted molar refractivity (Wildman–Crippen MR) is 85.2 cm³/mol. The number of hydrogen-bond donors (Lipinski definition) is 1. The molecular formula is C17H20N4. The summed E-state index contributed by atoms with van der Waals surface area (Å²) in [6, 6.07) is 11.2. The molecule has 2 heterocycles. The van der Waals surface area contributed by atoms with Gasteiger partial charge in [-0.2, -0.15) is 4.98 Å². The Labute approximate surface area is 125 Å². The van der Waals surface area contributed by atoms with Crippen LogP contribution < -0.4 is 10.2 Å². The van der Waals surface area contributed by atoms with Crippen molar-refractivity contribution in [2.75, 3.05) is 16.8 Å². The van der Waals surface area contributed by atoms with E-state index in [-0.39, 0.29) is 0 Å². The van der Waals surface area contributed by atoms with Crippen molar-refractivity contribution in [3.63, 3.8) is 0 Å². The van der Waals surface area contributed by atoms with Gasteiger partial charge >= 0.3 is 0 Å². The molecule has 0 unspecified atom stereocenters. The third-order valence-corrected chi connectivity index (χ3v) is 4.12. The van der Waals surface area contributed by atoms with E-state index in [1.54, 1.807) is 0 Å². The topological polar surface area (TPSA) is 41.1 Å². The second-order valence-electron chi connectivity index (χ2n) is 6.00. The fourth-order valence-corrected chi connectivity index (χ4v) is 2.93. The first kappa shape index (κ1) is 12.6. The number of benzene rings is 1. The third kappa shape index (κ3) is 2.58. The van der Waals surface area contributed by atoms with Gasteiger partial charge in [0.05, 0.1) is 0 Å². The minimum atomic E-state index is 0.612. The third-order valence-electron chi connectivity index (χ3n) is 4.12. The largest absolute Gasteiger partial charge is 0.367 e. The Morgan fingerprint density at radius 1 is 1.19 bits per heavy atom. The summed E-state index contributed by atoms with van der Waals surface area (Å²) in [6.45, 7) is 3.03. The molecule has 1 aromatic heterocycles. The number of hydrogen-bond acceptors (Lipinski definition) is 4. The molecule has 2 aromatic rings. The Balaban J connectivity index is 1.71. The maximum Gasteiger partial charge on any atom is 0.232 e. The number of nitrogens with one attached hydrogen (secondary N) is 1. The molecule has 108 valence electrons. The Morgan fingerprint density at radius 3 is 2.90 bits per heavy atom. The van der Waals surface area contributed by atoms with E-state index in [0.29, 0.717) is 6.04 Å². The highest BCUT2D eigenvalue weighted by molar-refractivity contribution is 5.64. The van der Waals surface area contributed by atoms with Crippen molar-refractivity contribution in [3.8, 4) is 0 Å². The summed E-state index contributed by atoms with van der Waals surface area (Å²) in [7, 11) is 0. The van der Waals surface area contributed by atoms with E-state index in [2.05, 4.69) is 39.5 Å². The summed E-state index contributed by atoms with van der Waals surface area (Å²) in [5.74, 6) is 1.79. The van der Waals surface area contributed by atoms with Crippen LogP contribution in [0.25, 0.3) is 0 Å². The van der Waals surface area contributed by atoms with Crippen molar-refractivity contribution < 1.29 is 0 Å². The molecule has 4 heteroatoms. The minimum Gasteiger partial charge on any atom is -0.367 e. The van der Waals surface area contributed by atoms with Gasteiger partial charge in [-0.15, -0.1) is 0 Å². The van der Waals surface area contributed by atoms with Gasteiger partial charge in [0, 0.05) is 30.0 Å². The average molecular weight is 280 g/mol. The van der Waals surface area contributed by atoms with Crippen LogP contribution >= 0.6 is 0 Å². The van der Waals surface area contributed by atoms with E-state index in [0.717, 1.165) is 36.8 Å². The molecule has 0 atom stereocenters. The van der Waals surface area contributed by atoms with Gasteiger partial charge in [-0.1, -0.05) is 18.2 Å². The van der Waals surface area contributed by atoms with Gasteiger partial charge in [0.15, 0.2) is 0 Å². The monoisotopic (exact) mass is 280 g/mol. The zero-order chi connectivity index (χ0) is 14.2. The molecule has 0 spiro atoms. The molecule has 4 nitrogen and oxygen atoms in total. The SMILES string of the molecule is Cc1cc(NC2CC2)nc(N2CCCc3ccccc32)n1. The first-order valence-electron chi connectivity index (χ1n) is 7.77. The normalized spacial score (nSPS) is 17.5. The lowest BCUT2D eigenvalue weighted by Crippen LogP contribution is -2.26. The molecule has 0 amide bonds. The lowest BCUT2D eigenvalue weighted by molar-refractivity contribution is 0.749. The van der Waals surface area contributed by atoms with E-state index in [9.17, 15) is 0 Å². The van der Waals surface area contributed by atoms with Gasteiger partial charge in [-0.05, 0) is 44.2 Å². The highest BCUT2D eigenvalue weighted by Gasteiger charge is 2.23. The van der Waals surface area contributed by atoms with Crippen LogP contribution in [0.15, 0.2) is 30.3 Å². The number of aromatic nitrogens is 2. The van der Waals surface area contributed by atoms with Gasteiger partial charge in [0.1, 0.15) is 5.82 Å². The van der Waals surface area contributed by atoms with Gasteiger partial charge in [-0.3, -0.25) is 0 Å². The van der Waals surface area contributed by atoms with Crippen molar-refractivity contribution >= 4 is 17.5 Å². The Kier molecular flexibility index (Phi) is 3.02. The lowest BCUT2D eigenvalue weighted by Gasteiger charge is -2.29. The van der Waals surface area contributed by atoms with Gasteiger partial charge in [-0.25, -0.2) is 4.98 Å². The minimum absolute atomic E-state index is 0.612. The van der Waals surface area contributed by atoms with Crippen molar-refractivity contribution in [2.45, 2.75) is 38.6 Å². The van der Waals surface area contributed by atoms with Crippen LogP contribution in [0.1, 0.15) is 30.5 Å². The number of fused-ring (bicyclic) bond motifs is 1. The molecular weight excluding hydrogens is 260 g/mol. The smallest absolute Gasteiger partial charge is 0.232 e. The molecule has 1 aliphatic heterocycles. The van der Waals surface area contributed by atoms with E-state index in [1.165, 1.54) is 24.1 Å². The summed E-state index contributed by atoms with van der Waals surface area (Å²) in [4.78, 5) is 11.7. The summed E-state index contributed by atoms with van der Waals surface area (Å²) < 4.78 is 0. The number of aryl methyl sites for hydroxylation is 2. The fraction of sp³-hybridized carbons (Fsp3) is 0.412. The number of para-hydroxylation sites is 1. The van der Waals surface area contributed by atoms with E-state index < -0.39 is 0 Å². The highest BCUT2D eigenvalue weighted by atomic mass is 15.3. The number of anilines is 3. The van der Waals surface area contributed by atoms with E-state index >= 15 is 0 Å². The van der Waals surface area contributed by atoms with Crippen molar-refractivity contribution in [2.24, 2.45) is 0 Å². The van der Waals surface area contributed by atoms with Crippen molar-refractivity contribution in [1.29, 1.82) is 0 Å².